The fourth-order valence-electron chi connectivity index (χ4n) is 0.773. The molecule has 0 aromatic heterocycles. The molecule has 0 heterocycles. The van der Waals surface area contributed by atoms with Gasteiger partial charge in [-0.3, -0.25) is 10.2 Å². The van der Waals surface area contributed by atoms with Crippen molar-refractivity contribution in [1.29, 1.82) is 0 Å². The van der Waals surface area contributed by atoms with E-state index in [2.05, 4.69) is 10.1 Å². The molecule has 0 atom stereocenters. The van der Waals surface area contributed by atoms with Gasteiger partial charge in [0, 0.05) is 20.1 Å². The van der Waals surface area contributed by atoms with Gasteiger partial charge in [-0.1, -0.05) is 0 Å². The van der Waals surface area contributed by atoms with E-state index in [4.69, 9.17) is 5.73 Å². The number of carbonyl (C=O) groups is 1. The summed E-state index contributed by atoms with van der Waals surface area (Å²) in [4.78, 5) is 10.4. The van der Waals surface area contributed by atoms with E-state index in [1.807, 2.05) is 0 Å². The Kier molecular flexibility index (Phi) is 5.62. The van der Waals surface area contributed by atoms with Crippen molar-refractivity contribution in [3.05, 3.63) is 0 Å². The first kappa shape index (κ1) is 13.3. The topological polar surface area (TPSA) is 105 Å². The highest BCUT2D eigenvalue weighted by molar-refractivity contribution is 7.88. The van der Waals surface area contributed by atoms with Gasteiger partial charge in [-0.15, -0.1) is 0 Å². The second-order valence-corrected chi connectivity index (χ2v) is 4.73. The fourth-order valence-corrected chi connectivity index (χ4v) is 1.25. The zero-order chi connectivity index (χ0) is 11.2. The molecule has 0 rings (SSSR count). The average Bonchev–Trinajstić information content (AvgIpc) is 1.95. The highest BCUT2D eigenvalue weighted by atomic mass is 32.2. The number of rotatable bonds is 7. The van der Waals surface area contributed by atoms with Crippen LogP contribution in [0.15, 0.2) is 0 Å². The molecular weight excluding hydrogens is 208 g/mol. The molecule has 0 aromatic rings. The van der Waals surface area contributed by atoms with Gasteiger partial charge in [0.25, 0.3) is 0 Å². The van der Waals surface area contributed by atoms with Crippen LogP contribution in [0.4, 0.5) is 0 Å². The van der Waals surface area contributed by atoms with Gasteiger partial charge in [-0.2, -0.15) is 0 Å². The van der Waals surface area contributed by atoms with Crippen molar-refractivity contribution < 1.29 is 13.2 Å². The molecule has 0 aliphatic rings. The van der Waals surface area contributed by atoms with E-state index in [1.54, 1.807) is 7.05 Å². The minimum absolute atomic E-state index is 0.0822. The van der Waals surface area contributed by atoms with Crippen molar-refractivity contribution in [3.8, 4) is 0 Å². The minimum Gasteiger partial charge on any atom is -0.369 e. The summed E-state index contributed by atoms with van der Waals surface area (Å²) in [5, 5.41) is 1.49. The maximum Gasteiger partial charge on any atom is 0.233 e. The van der Waals surface area contributed by atoms with E-state index in [1.165, 1.54) is 5.01 Å². The molecule has 8 heteroatoms. The summed E-state index contributed by atoms with van der Waals surface area (Å²) < 4.78 is 23.6. The number of nitrogens with two attached hydrogens (primary N) is 1. The Balaban J connectivity index is 3.50. The summed E-state index contributed by atoms with van der Waals surface area (Å²) in [7, 11) is -1.50. The van der Waals surface area contributed by atoms with Crippen LogP contribution < -0.4 is 15.9 Å². The Hall–Kier alpha value is -0.700. The Morgan fingerprint density at radius 1 is 1.43 bits per heavy atom. The first-order valence-electron chi connectivity index (χ1n) is 3.99. The molecule has 84 valence electrons. The van der Waals surface area contributed by atoms with Crippen molar-refractivity contribution in [3.63, 3.8) is 0 Å². The molecule has 0 radical (unpaired) electrons. The molecule has 14 heavy (non-hydrogen) atoms. The number of hydrazine groups is 1. The summed E-state index contributed by atoms with van der Waals surface area (Å²) in [5.74, 6) is -0.448. The van der Waals surface area contributed by atoms with Gasteiger partial charge in [0.2, 0.25) is 15.9 Å². The molecule has 0 saturated carbocycles. The van der Waals surface area contributed by atoms with Crippen molar-refractivity contribution >= 4 is 15.9 Å². The van der Waals surface area contributed by atoms with Gasteiger partial charge in [0.05, 0.1) is 12.8 Å². The highest BCUT2D eigenvalue weighted by Gasteiger charge is 2.02. The maximum atomic E-state index is 10.6. The van der Waals surface area contributed by atoms with E-state index in [9.17, 15) is 13.2 Å². The molecule has 0 bridgehead atoms. The second kappa shape index (κ2) is 5.91. The SMILES string of the molecule is CN(CC(N)=O)NCCNS(C)(=O)=O. The molecule has 0 unspecified atom stereocenters. The first-order chi connectivity index (χ1) is 6.31. The highest BCUT2D eigenvalue weighted by Crippen LogP contribution is 1.74. The number of likely N-dealkylation sites (N-methyl/N-ethyl adjacent to an activating group) is 1. The quantitative estimate of drug-likeness (QED) is 0.326. The molecule has 1 amide bonds. The zero-order valence-electron chi connectivity index (χ0n) is 8.28. The number of hydrogen-bond acceptors (Lipinski definition) is 5. The van der Waals surface area contributed by atoms with Gasteiger partial charge in [0.1, 0.15) is 0 Å². The third kappa shape index (κ3) is 9.39. The molecule has 0 fully saturated rings. The molecule has 0 aromatic carbocycles. The molecule has 0 aliphatic carbocycles. The van der Waals surface area contributed by atoms with Gasteiger partial charge >= 0.3 is 0 Å². The smallest absolute Gasteiger partial charge is 0.233 e. The van der Waals surface area contributed by atoms with Crippen LogP contribution in [0.25, 0.3) is 0 Å². The van der Waals surface area contributed by atoms with Crippen molar-refractivity contribution in [1.82, 2.24) is 15.2 Å². The van der Waals surface area contributed by atoms with Crippen molar-refractivity contribution in [2.24, 2.45) is 5.73 Å². The molecular formula is C6H16N4O3S. The van der Waals surface area contributed by atoms with Crippen molar-refractivity contribution in [2.75, 3.05) is 32.9 Å². The van der Waals surface area contributed by atoms with E-state index in [0.29, 0.717) is 6.54 Å². The van der Waals surface area contributed by atoms with Crippen LogP contribution in [0.2, 0.25) is 0 Å². The fraction of sp³-hybridized carbons (Fsp3) is 0.833. The number of nitrogens with one attached hydrogen (secondary N) is 2. The summed E-state index contributed by atoms with van der Waals surface area (Å²) in [6, 6.07) is 0. The minimum atomic E-state index is -3.15. The Bertz CT molecular complexity index is 277. The Morgan fingerprint density at radius 3 is 2.43 bits per heavy atom. The van der Waals surface area contributed by atoms with Crippen LogP contribution in [-0.2, 0) is 14.8 Å². The number of primary amides is 1. The molecule has 0 aliphatic heterocycles. The largest absolute Gasteiger partial charge is 0.369 e. The van der Waals surface area contributed by atoms with Crippen LogP contribution >= 0.6 is 0 Å². The Morgan fingerprint density at radius 2 is 2.00 bits per heavy atom. The molecule has 7 nitrogen and oxygen atoms in total. The van der Waals surface area contributed by atoms with E-state index < -0.39 is 15.9 Å². The normalized spacial score (nSPS) is 11.9. The van der Waals surface area contributed by atoms with Gasteiger partial charge in [-0.25, -0.2) is 18.1 Å². The van der Waals surface area contributed by atoms with Gasteiger partial charge in [0.15, 0.2) is 0 Å². The summed E-state index contributed by atoms with van der Waals surface area (Å²) in [6.07, 6.45) is 1.08. The summed E-state index contributed by atoms with van der Waals surface area (Å²) >= 11 is 0. The number of sulfonamides is 1. The first-order valence-corrected chi connectivity index (χ1v) is 5.88. The lowest BCUT2D eigenvalue weighted by Crippen LogP contribution is -2.43. The second-order valence-electron chi connectivity index (χ2n) is 2.90. The van der Waals surface area contributed by atoms with Crippen LogP contribution in [0.3, 0.4) is 0 Å². The third-order valence-electron chi connectivity index (χ3n) is 1.26. The predicted molar refractivity (Wildman–Crippen MR) is 52.7 cm³/mol. The third-order valence-corrected chi connectivity index (χ3v) is 1.99. The van der Waals surface area contributed by atoms with E-state index in [-0.39, 0.29) is 13.1 Å². The van der Waals surface area contributed by atoms with Crippen LogP contribution in [0.5, 0.6) is 0 Å². The molecule has 0 spiro atoms. The standard InChI is InChI=1S/C6H16N4O3S/c1-10(5-6(7)11)8-3-4-9-14(2,12)13/h8-9H,3-5H2,1-2H3,(H2,7,11). The van der Waals surface area contributed by atoms with Crippen molar-refractivity contribution in [2.45, 2.75) is 0 Å². The Labute approximate surface area is 83.7 Å². The molecule has 0 saturated heterocycles. The zero-order valence-corrected chi connectivity index (χ0v) is 9.10. The predicted octanol–water partition coefficient (Wildman–Crippen LogP) is -2.54. The monoisotopic (exact) mass is 224 g/mol. The van der Waals surface area contributed by atoms with Gasteiger partial charge in [-0.05, 0) is 0 Å². The lowest BCUT2D eigenvalue weighted by atomic mass is 10.6. The van der Waals surface area contributed by atoms with E-state index >= 15 is 0 Å². The van der Waals surface area contributed by atoms with E-state index in [0.717, 1.165) is 6.26 Å². The van der Waals surface area contributed by atoms with Gasteiger partial charge < -0.3 is 5.73 Å². The summed E-state index contributed by atoms with van der Waals surface area (Å²) in [6.45, 7) is 0.748. The number of carbonyl (C=O) groups excluding carboxylic acids is 1. The lowest BCUT2D eigenvalue weighted by Gasteiger charge is -2.15. The summed E-state index contributed by atoms with van der Waals surface area (Å²) in [5.41, 5.74) is 7.73. The van der Waals surface area contributed by atoms with Crippen LogP contribution in [0.1, 0.15) is 0 Å². The average molecular weight is 224 g/mol. The number of amides is 1. The van der Waals surface area contributed by atoms with Crippen LogP contribution in [0, 0.1) is 0 Å². The lowest BCUT2D eigenvalue weighted by molar-refractivity contribution is -0.119. The van der Waals surface area contributed by atoms with Crippen LogP contribution in [-0.4, -0.2) is 52.3 Å². The maximum absolute atomic E-state index is 10.6. The number of hydrogen-bond donors (Lipinski definition) is 3. The molecule has 4 N–H and O–H groups in total. The number of nitrogens with zero attached hydrogens (tertiary/aromatic N) is 1.